The summed E-state index contributed by atoms with van der Waals surface area (Å²) in [7, 11) is 3.77. The van der Waals surface area contributed by atoms with Gasteiger partial charge in [-0.25, -0.2) is 0 Å². The van der Waals surface area contributed by atoms with Gasteiger partial charge in [-0.05, 0) is 50.6 Å². The molecule has 0 unspecified atom stereocenters. The van der Waals surface area contributed by atoms with Crippen molar-refractivity contribution in [2.75, 3.05) is 20.7 Å². The Morgan fingerprint density at radius 3 is 2.89 bits per heavy atom. The van der Waals surface area contributed by atoms with Crippen molar-refractivity contribution in [2.24, 2.45) is 0 Å². The van der Waals surface area contributed by atoms with Gasteiger partial charge in [-0.2, -0.15) is 0 Å². The predicted octanol–water partition coefficient (Wildman–Crippen LogP) is 1.58. The van der Waals surface area contributed by atoms with Crippen LogP contribution in [0.2, 0.25) is 0 Å². The number of piperidine rings is 1. The van der Waals surface area contributed by atoms with Gasteiger partial charge in [0.05, 0.1) is 12.5 Å². The van der Waals surface area contributed by atoms with E-state index in [0.29, 0.717) is 5.75 Å². The number of carbonyl (C=O) groups excluding carboxylic acids is 1. The van der Waals surface area contributed by atoms with E-state index >= 15 is 0 Å². The molecule has 0 radical (unpaired) electrons. The Morgan fingerprint density at radius 1 is 1.41 bits per heavy atom. The van der Waals surface area contributed by atoms with Gasteiger partial charge >= 0.3 is 5.97 Å². The smallest absolute Gasteiger partial charge is 0.303 e. The van der Waals surface area contributed by atoms with Crippen LogP contribution < -0.4 is 9.47 Å². The topological polar surface area (TPSA) is 68.2 Å². The molecule has 2 aliphatic heterocycles. The van der Waals surface area contributed by atoms with Crippen LogP contribution in [0.5, 0.6) is 11.5 Å². The van der Waals surface area contributed by atoms with E-state index in [1.54, 1.807) is 7.11 Å². The first-order valence-corrected chi connectivity index (χ1v) is 9.50. The normalized spacial score (nSPS) is 38.6. The molecule has 2 heterocycles. The highest BCUT2D eigenvalue weighted by molar-refractivity contribution is 5.70. The number of aliphatic hydroxyl groups is 1. The Kier molecular flexibility index (Phi) is 3.33. The lowest BCUT2D eigenvalue weighted by atomic mass is 9.51. The molecule has 1 fully saturated rings. The zero-order valence-electron chi connectivity index (χ0n) is 16.1. The van der Waals surface area contributed by atoms with Gasteiger partial charge in [0.2, 0.25) is 0 Å². The van der Waals surface area contributed by atoms with Crippen LogP contribution in [-0.2, 0) is 21.4 Å². The van der Waals surface area contributed by atoms with E-state index in [1.165, 1.54) is 18.1 Å². The van der Waals surface area contributed by atoms with Crippen LogP contribution in [0, 0.1) is 0 Å². The highest BCUT2D eigenvalue weighted by Crippen LogP contribution is 2.66. The van der Waals surface area contributed by atoms with Gasteiger partial charge in [-0.1, -0.05) is 12.1 Å². The molecule has 144 valence electrons. The summed E-state index contributed by atoms with van der Waals surface area (Å²) >= 11 is 0. The third-order valence-corrected chi connectivity index (χ3v) is 7.15. The van der Waals surface area contributed by atoms with Crippen molar-refractivity contribution in [2.45, 2.75) is 56.0 Å². The number of rotatable bonds is 2. The fraction of sp³-hybridized carbons (Fsp3) is 0.571. The molecular weight excluding hydrogens is 346 g/mol. The van der Waals surface area contributed by atoms with Gasteiger partial charge < -0.3 is 19.3 Å². The van der Waals surface area contributed by atoms with E-state index in [9.17, 15) is 9.90 Å². The second-order valence-electron chi connectivity index (χ2n) is 8.34. The van der Waals surface area contributed by atoms with E-state index in [0.717, 1.165) is 30.7 Å². The van der Waals surface area contributed by atoms with E-state index in [1.807, 2.05) is 19.1 Å². The third kappa shape index (κ3) is 1.85. The van der Waals surface area contributed by atoms with Crippen molar-refractivity contribution in [3.63, 3.8) is 0 Å². The van der Waals surface area contributed by atoms with Crippen molar-refractivity contribution in [3.05, 3.63) is 34.9 Å². The number of aliphatic hydroxyl groups excluding tert-OH is 1. The molecule has 5 rings (SSSR count). The molecule has 1 spiro atoms. The second-order valence-corrected chi connectivity index (χ2v) is 8.34. The lowest BCUT2D eigenvalue weighted by Crippen LogP contribution is -2.70. The number of nitrogens with zero attached hydrogens (tertiary/aromatic N) is 1. The summed E-state index contributed by atoms with van der Waals surface area (Å²) in [5, 5.41) is 10.9. The maximum atomic E-state index is 11.8. The molecule has 27 heavy (non-hydrogen) atoms. The van der Waals surface area contributed by atoms with Crippen LogP contribution in [0.4, 0.5) is 0 Å². The average molecular weight is 371 g/mol. The summed E-state index contributed by atoms with van der Waals surface area (Å²) in [6, 6.07) is 4.29. The van der Waals surface area contributed by atoms with Crippen LogP contribution in [0.3, 0.4) is 0 Å². The van der Waals surface area contributed by atoms with Crippen LogP contribution in [0.15, 0.2) is 23.8 Å². The van der Waals surface area contributed by atoms with Gasteiger partial charge in [0, 0.05) is 18.5 Å². The number of likely N-dealkylation sites (N-methyl/N-ethyl adjacent to an activating group) is 1. The van der Waals surface area contributed by atoms with E-state index in [4.69, 9.17) is 14.2 Å². The maximum absolute atomic E-state index is 11.8. The molecule has 6 nitrogen and oxygen atoms in total. The highest BCUT2D eigenvalue weighted by Gasteiger charge is 2.71. The Balaban J connectivity index is 1.83. The minimum absolute atomic E-state index is 0.210. The summed E-state index contributed by atoms with van der Waals surface area (Å²) in [5.41, 5.74) is 2.30. The van der Waals surface area contributed by atoms with Crippen molar-refractivity contribution in [3.8, 4) is 11.5 Å². The molecule has 5 atom stereocenters. The first-order chi connectivity index (χ1) is 12.8. The first kappa shape index (κ1) is 17.1. The standard InChI is InChI=1S/C21H25NO5/c1-11(23)26-19-15(24)10-13-14-9-12-5-6-16(25-4)18-17(12)21(13,7-8-22(14)3)20(19,2)27-18/h5-6,10,14-15,19,24H,7-9H2,1-4H3/t14-,15-,19-,20+,21+/m0/s1. The molecular formula is C21H25NO5. The second kappa shape index (κ2) is 5.26. The lowest BCUT2D eigenvalue weighted by molar-refractivity contribution is -0.178. The largest absolute Gasteiger partial charge is 0.493 e. The number of benzene rings is 1. The summed E-state index contributed by atoms with van der Waals surface area (Å²) in [4.78, 5) is 14.2. The molecule has 0 amide bonds. The molecule has 1 N–H and O–H groups in total. The fourth-order valence-electron chi connectivity index (χ4n) is 6.01. The summed E-state index contributed by atoms with van der Waals surface area (Å²) in [6.07, 6.45) is 1.96. The highest BCUT2D eigenvalue weighted by atomic mass is 16.6. The van der Waals surface area contributed by atoms with E-state index in [-0.39, 0.29) is 6.04 Å². The summed E-state index contributed by atoms with van der Waals surface area (Å²) < 4.78 is 17.8. The number of esters is 1. The molecule has 2 bridgehead atoms. The Labute approximate surface area is 158 Å². The number of likely N-dealkylation sites (tertiary alicyclic amines) is 1. The fourth-order valence-corrected chi connectivity index (χ4v) is 6.01. The van der Waals surface area contributed by atoms with Gasteiger partial charge in [-0.3, -0.25) is 9.69 Å². The van der Waals surface area contributed by atoms with Gasteiger partial charge in [0.25, 0.3) is 0 Å². The number of ether oxygens (including phenoxy) is 3. The third-order valence-electron chi connectivity index (χ3n) is 7.15. The minimum atomic E-state index is -0.905. The number of methoxy groups -OCH3 is 1. The maximum Gasteiger partial charge on any atom is 0.303 e. The van der Waals surface area contributed by atoms with Crippen molar-refractivity contribution in [1.82, 2.24) is 4.90 Å². The van der Waals surface area contributed by atoms with Crippen molar-refractivity contribution in [1.29, 1.82) is 0 Å². The summed E-state index contributed by atoms with van der Waals surface area (Å²) in [6.45, 7) is 4.27. The van der Waals surface area contributed by atoms with Gasteiger partial charge in [0.1, 0.15) is 6.10 Å². The van der Waals surface area contributed by atoms with Crippen LogP contribution in [0.25, 0.3) is 0 Å². The van der Waals surface area contributed by atoms with E-state index < -0.39 is 29.2 Å². The Hall–Kier alpha value is -2.05. The Bertz CT molecular complexity index is 880. The lowest BCUT2D eigenvalue weighted by Gasteiger charge is -2.59. The quantitative estimate of drug-likeness (QED) is 0.629. The number of carbonyl (C=O) groups is 1. The summed E-state index contributed by atoms with van der Waals surface area (Å²) in [5.74, 6) is 1.00. The SMILES string of the molecule is COc1ccc2c3c1O[C@]1(C)[C@@H](OC(C)=O)[C@@H](O)C=C4[C@H](C2)N(C)CC[C@@]431. The zero-order chi connectivity index (χ0) is 19.1. The number of hydrogen-bond donors (Lipinski definition) is 1. The van der Waals surface area contributed by atoms with Gasteiger partial charge in [-0.15, -0.1) is 0 Å². The van der Waals surface area contributed by atoms with Crippen molar-refractivity contribution < 1.29 is 24.1 Å². The average Bonchev–Trinajstić information content (AvgIpc) is 2.89. The van der Waals surface area contributed by atoms with Crippen LogP contribution in [0.1, 0.15) is 31.4 Å². The molecule has 2 aliphatic carbocycles. The van der Waals surface area contributed by atoms with E-state index in [2.05, 4.69) is 18.0 Å². The zero-order valence-corrected chi connectivity index (χ0v) is 16.1. The monoisotopic (exact) mass is 371 g/mol. The van der Waals surface area contributed by atoms with Crippen molar-refractivity contribution >= 4 is 5.97 Å². The molecule has 0 saturated carbocycles. The minimum Gasteiger partial charge on any atom is -0.493 e. The van der Waals surface area contributed by atoms with Crippen LogP contribution in [-0.4, -0.2) is 60.5 Å². The first-order valence-electron chi connectivity index (χ1n) is 9.50. The molecule has 4 aliphatic rings. The molecule has 1 saturated heterocycles. The molecule has 0 aromatic heterocycles. The molecule has 6 heteroatoms. The number of hydrogen-bond acceptors (Lipinski definition) is 6. The van der Waals surface area contributed by atoms with Gasteiger partial charge in [0.15, 0.2) is 23.2 Å². The molecule has 1 aromatic carbocycles. The predicted molar refractivity (Wildman–Crippen MR) is 98.1 cm³/mol. The molecule has 1 aromatic rings. The Morgan fingerprint density at radius 2 is 2.19 bits per heavy atom. The van der Waals surface area contributed by atoms with Crippen LogP contribution >= 0.6 is 0 Å².